The maximum absolute atomic E-state index is 11.5. The lowest BCUT2D eigenvalue weighted by atomic mass is 9.99. The Kier molecular flexibility index (Phi) is 4.59. The number of rotatable bonds is 4. The molecule has 0 bridgehead atoms. The van der Waals surface area contributed by atoms with E-state index in [0.717, 1.165) is 5.56 Å². The standard InChI is InChI=1S/C11H14ClNO2/c1-13-7-10(11(14)15-2)8-4-3-5-9(12)6-8/h3-6,10,13H,7H2,1-2H3. The molecule has 82 valence electrons. The van der Waals surface area contributed by atoms with E-state index in [4.69, 9.17) is 16.3 Å². The van der Waals surface area contributed by atoms with E-state index in [0.29, 0.717) is 11.6 Å². The number of hydrogen-bond donors (Lipinski definition) is 1. The molecule has 0 aliphatic heterocycles. The Labute approximate surface area is 94.4 Å². The summed E-state index contributed by atoms with van der Waals surface area (Å²) < 4.78 is 4.74. The van der Waals surface area contributed by atoms with Crippen LogP contribution in [-0.2, 0) is 9.53 Å². The van der Waals surface area contributed by atoms with Gasteiger partial charge in [-0.1, -0.05) is 23.7 Å². The summed E-state index contributed by atoms with van der Waals surface area (Å²) in [6.45, 7) is 0.535. The van der Waals surface area contributed by atoms with Crippen molar-refractivity contribution in [2.45, 2.75) is 5.92 Å². The van der Waals surface area contributed by atoms with Crippen LogP contribution in [0, 0.1) is 0 Å². The first-order chi connectivity index (χ1) is 7.19. The Balaban J connectivity index is 2.93. The maximum atomic E-state index is 11.5. The van der Waals surface area contributed by atoms with Crippen molar-refractivity contribution in [3.05, 3.63) is 34.9 Å². The Morgan fingerprint density at radius 1 is 1.60 bits per heavy atom. The van der Waals surface area contributed by atoms with E-state index in [1.807, 2.05) is 12.1 Å². The van der Waals surface area contributed by atoms with Crippen molar-refractivity contribution in [3.63, 3.8) is 0 Å². The van der Waals surface area contributed by atoms with Crippen LogP contribution in [0.3, 0.4) is 0 Å². The van der Waals surface area contributed by atoms with Crippen LogP contribution < -0.4 is 5.32 Å². The predicted octanol–water partition coefficient (Wildman–Crippen LogP) is 1.82. The third-order valence-electron chi connectivity index (χ3n) is 2.14. The van der Waals surface area contributed by atoms with Crippen molar-refractivity contribution in [2.75, 3.05) is 20.7 Å². The molecule has 1 unspecified atom stereocenters. The third kappa shape index (κ3) is 3.22. The fourth-order valence-corrected chi connectivity index (χ4v) is 1.61. The zero-order valence-electron chi connectivity index (χ0n) is 8.79. The maximum Gasteiger partial charge on any atom is 0.314 e. The average molecular weight is 228 g/mol. The summed E-state index contributed by atoms with van der Waals surface area (Å²) in [4.78, 5) is 11.5. The molecule has 1 rings (SSSR count). The SMILES string of the molecule is CNCC(C(=O)OC)c1cccc(Cl)c1. The Bertz CT molecular complexity index is 341. The summed E-state index contributed by atoms with van der Waals surface area (Å²) in [5, 5.41) is 3.58. The monoisotopic (exact) mass is 227 g/mol. The number of ether oxygens (including phenoxy) is 1. The first-order valence-corrected chi connectivity index (χ1v) is 5.04. The summed E-state index contributed by atoms with van der Waals surface area (Å²) in [7, 11) is 3.18. The number of likely N-dealkylation sites (N-methyl/N-ethyl adjacent to an activating group) is 1. The zero-order chi connectivity index (χ0) is 11.3. The van der Waals surface area contributed by atoms with Gasteiger partial charge < -0.3 is 10.1 Å². The molecule has 0 aliphatic rings. The van der Waals surface area contributed by atoms with Gasteiger partial charge in [0.1, 0.15) is 0 Å². The highest BCUT2D eigenvalue weighted by Crippen LogP contribution is 2.20. The van der Waals surface area contributed by atoms with Gasteiger partial charge in [-0.15, -0.1) is 0 Å². The molecule has 0 spiro atoms. The van der Waals surface area contributed by atoms with E-state index in [1.54, 1.807) is 19.2 Å². The van der Waals surface area contributed by atoms with Crippen molar-refractivity contribution in [3.8, 4) is 0 Å². The highest BCUT2D eigenvalue weighted by molar-refractivity contribution is 6.30. The van der Waals surface area contributed by atoms with Crippen molar-refractivity contribution >= 4 is 17.6 Å². The molecule has 15 heavy (non-hydrogen) atoms. The van der Waals surface area contributed by atoms with Gasteiger partial charge in [-0.05, 0) is 24.7 Å². The molecular weight excluding hydrogens is 214 g/mol. The summed E-state index contributed by atoms with van der Waals surface area (Å²) in [5.74, 6) is -0.565. The van der Waals surface area contributed by atoms with Crippen molar-refractivity contribution in [1.82, 2.24) is 5.32 Å². The topological polar surface area (TPSA) is 38.3 Å². The predicted molar refractivity (Wildman–Crippen MR) is 60.1 cm³/mol. The number of benzene rings is 1. The van der Waals surface area contributed by atoms with E-state index >= 15 is 0 Å². The smallest absolute Gasteiger partial charge is 0.314 e. The van der Waals surface area contributed by atoms with Crippen LogP contribution in [0.25, 0.3) is 0 Å². The summed E-state index contributed by atoms with van der Waals surface area (Å²) >= 11 is 5.86. The van der Waals surface area contributed by atoms with Gasteiger partial charge in [0.05, 0.1) is 13.0 Å². The molecule has 0 aliphatic carbocycles. The number of hydrogen-bond acceptors (Lipinski definition) is 3. The number of esters is 1. The van der Waals surface area contributed by atoms with E-state index in [2.05, 4.69) is 5.32 Å². The lowest BCUT2D eigenvalue weighted by Gasteiger charge is -2.14. The van der Waals surface area contributed by atoms with E-state index in [9.17, 15) is 4.79 Å². The molecule has 1 aromatic rings. The van der Waals surface area contributed by atoms with Crippen molar-refractivity contribution in [1.29, 1.82) is 0 Å². The second-order valence-corrected chi connectivity index (χ2v) is 3.62. The highest BCUT2D eigenvalue weighted by atomic mass is 35.5. The molecule has 0 amide bonds. The fraction of sp³-hybridized carbons (Fsp3) is 0.364. The van der Waals surface area contributed by atoms with Crippen molar-refractivity contribution < 1.29 is 9.53 Å². The Morgan fingerprint density at radius 2 is 2.33 bits per heavy atom. The molecule has 0 aromatic heterocycles. The van der Waals surface area contributed by atoms with Crippen LogP contribution in [0.5, 0.6) is 0 Å². The third-order valence-corrected chi connectivity index (χ3v) is 2.38. The molecule has 0 radical (unpaired) electrons. The second kappa shape index (κ2) is 5.73. The van der Waals surface area contributed by atoms with Crippen LogP contribution in [0.1, 0.15) is 11.5 Å². The van der Waals surface area contributed by atoms with Gasteiger partial charge in [0.15, 0.2) is 0 Å². The molecule has 3 nitrogen and oxygen atoms in total. The Morgan fingerprint density at radius 3 is 2.87 bits per heavy atom. The van der Waals surface area contributed by atoms with Gasteiger partial charge in [-0.3, -0.25) is 4.79 Å². The van der Waals surface area contributed by atoms with Gasteiger partial charge in [-0.25, -0.2) is 0 Å². The summed E-state index contributed by atoms with van der Waals surface area (Å²) in [6, 6.07) is 7.24. The first-order valence-electron chi connectivity index (χ1n) is 4.67. The first kappa shape index (κ1) is 12.0. The molecular formula is C11H14ClNO2. The van der Waals surface area contributed by atoms with Crippen LogP contribution >= 0.6 is 11.6 Å². The molecule has 0 saturated carbocycles. The zero-order valence-corrected chi connectivity index (χ0v) is 9.54. The molecule has 4 heteroatoms. The molecule has 1 N–H and O–H groups in total. The number of methoxy groups -OCH3 is 1. The second-order valence-electron chi connectivity index (χ2n) is 3.19. The van der Waals surface area contributed by atoms with Crippen LogP contribution in [0.15, 0.2) is 24.3 Å². The lowest BCUT2D eigenvalue weighted by Crippen LogP contribution is -2.25. The van der Waals surface area contributed by atoms with E-state index in [-0.39, 0.29) is 11.9 Å². The van der Waals surface area contributed by atoms with Gasteiger partial charge in [0.25, 0.3) is 0 Å². The minimum atomic E-state index is -0.307. The largest absolute Gasteiger partial charge is 0.469 e. The number of nitrogens with one attached hydrogen (secondary N) is 1. The molecule has 0 heterocycles. The number of carbonyl (C=O) groups excluding carboxylic acids is 1. The van der Waals surface area contributed by atoms with E-state index in [1.165, 1.54) is 7.11 Å². The minimum Gasteiger partial charge on any atom is -0.469 e. The summed E-state index contributed by atoms with van der Waals surface area (Å²) in [6.07, 6.45) is 0. The van der Waals surface area contributed by atoms with Gasteiger partial charge in [0, 0.05) is 11.6 Å². The van der Waals surface area contributed by atoms with Crippen LogP contribution in [0.4, 0.5) is 0 Å². The van der Waals surface area contributed by atoms with Gasteiger partial charge in [-0.2, -0.15) is 0 Å². The molecule has 1 atom stereocenters. The van der Waals surface area contributed by atoms with Crippen LogP contribution in [0.2, 0.25) is 5.02 Å². The summed E-state index contributed by atoms with van der Waals surface area (Å²) in [5.41, 5.74) is 0.865. The molecule has 0 fully saturated rings. The van der Waals surface area contributed by atoms with Gasteiger partial charge in [0.2, 0.25) is 0 Å². The number of halogens is 1. The van der Waals surface area contributed by atoms with E-state index < -0.39 is 0 Å². The highest BCUT2D eigenvalue weighted by Gasteiger charge is 2.20. The quantitative estimate of drug-likeness (QED) is 0.798. The minimum absolute atomic E-state index is 0.258. The Hall–Kier alpha value is -1.06. The fourth-order valence-electron chi connectivity index (χ4n) is 1.41. The average Bonchev–Trinajstić information content (AvgIpc) is 2.25. The van der Waals surface area contributed by atoms with Gasteiger partial charge >= 0.3 is 5.97 Å². The molecule has 0 saturated heterocycles. The van der Waals surface area contributed by atoms with Crippen LogP contribution in [-0.4, -0.2) is 26.7 Å². The lowest BCUT2D eigenvalue weighted by molar-refractivity contribution is -0.142. The normalized spacial score (nSPS) is 12.2. The number of carbonyl (C=O) groups is 1. The van der Waals surface area contributed by atoms with Crippen molar-refractivity contribution in [2.24, 2.45) is 0 Å². The molecule has 1 aromatic carbocycles.